The van der Waals surface area contributed by atoms with Gasteiger partial charge in [0.15, 0.2) is 0 Å². The molecule has 0 saturated carbocycles. The maximum absolute atomic E-state index is 13.2. The average Bonchev–Trinajstić information content (AvgIpc) is 1.78. The Morgan fingerprint density at radius 2 is 1.01 bits per heavy atom. The molecule has 0 radical (unpaired) electrons. The van der Waals surface area contributed by atoms with Gasteiger partial charge in [-0.3, -0.25) is 9.59 Å². The number of aliphatic hydroxyl groups is 2. The SMILES string of the molecule is CC(O)CN(CCC(=O)CC(C)(C)CS(=O)(=O)[O-])c1nc(Cc2ccccc2)nc(Cc2ccc(/C=C/c3ccc(Nc4nc(Nc5ccccc5)nc(N(CCC(=O)NC(C)(C)CS(=O)(=O)[O-])CC(C)O)n4)cc3S(=O)(=O)[O-])c(S(=O)(=O)[O-])c2)n1.[Na+].[Na+].[Na+].[Na+]. The first-order valence-corrected chi connectivity index (χ1v) is 32.5. The summed E-state index contributed by atoms with van der Waals surface area (Å²) in [6, 6.07) is 25.1. The summed E-state index contributed by atoms with van der Waals surface area (Å²) in [5.41, 5.74) is -1.49. The number of nitrogens with one attached hydrogen (secondary N) is 3. The van der Waals surface area contributed by atoms with E-state index in [-0.39, 0.29) is 240 Å². The second-order valence-corrected chi connectivity index (χ2v) is 27.4. The Balaban J connectivity index is 0.00000690. The summed E-state index contributed by atoms with van der Waals surface area (Å²) in [5, 5.41) is 29.4. The minimum Gasteiger partial charge on any atom is -0.748 e. The molecule has 5 N–H and O–H groups in total. The van der Waals surface area contributed by atoms with E-state index in [2.05, 4.69) is 45.9 Å². The van der Waals surface area contributed by atoms with Gasteiger partial charge < -0.3 is 54.2 Å². The van der Waals surface area contributed by atoms with E-state index in [0.717, 1.165) is 29.8 Å². The van der Waals surface area contributed by atoms with Gasteiger partial charge in [0.05, 0.1) is 48.0 Å². The summed E-state index contributed by atoms with van der Waals surface area (Å²) >= 11 is 0. The number of carbonyl (C=O) groups excluding carboxylic acids is 2. The largest absolute Gasteiger partial charge is 1.00 e. The van der Waals surface area contributed by atoms with Crippen LogP contribution < -0.4 is 144 Å². The van der Waals surface area contributed by atoms with Gasteiger partial charge in [-0.05, 0) is 85.7 Å². The molecule has 2 heterocycles. The van der Waals surface area contributed by atoms with Crippen molar-refractivity contribution in [3.05, 3.63) is 131 Å². The normalized spacial score (nSPS) is 12.7. The van der Waals surface area contributed by atoms with Crippen LogP contribution in [0.25, 0.3) is 12.2 Å². The number of benzene rings is 4. The number of carbonyl (C=O) groups is 2. The van der Waals surface area contributed by atoms with Gasteiger partial charge in [0.2, 0.25) is 29.7 Å². The molecule has 0 saturated heterocycles. The van der Waals surface area contributed by atoms with E-state index in [9.17, 15) is 71.7 Å². The molecule has 6 rings (SSSR count). The van der Waals surface area contributed by atoms with Crippen LogP contribution in [0.4, 0.5) is 35.2 Å². The summed E-state index contributed by atoms with van der Waals surface area (Å²) in [5.74, 6) is -2.66. The van der Waals surface area contributed by atoms with E-state index >= 15 is 0 Å². The monoisotopic (exact) mass is 1360 g/mol. The van der Waals surface area contributed by atoms with Crippen molar-refractivity contribution >= 4 is 99.5 Å². The van der Waals surface area contributed by atoms with Crippen LogP contribution in [0.2, 0.25) is 0 Å². The van der Waals surface area contributed by atoms with Crippen LogP contribution in [0.15, 0.2) is 107 Å². The van der Waals surface area contributed by atoms with Gasteiger partial charge in [0, 0.05) is 80.9 Å². The zero-order valence-electron chi connectivity index (χ0n) is 51.6. The maximum atomic E-state index is 13.2. The van der Waals surface area contributed by atoms with E-state index in [1.807, 2.05) is 30.3 Å². The van der Waals surface area contributed by atoms with Gasteiger partial charge in [0.1, 0.15) is 37.7 Å². The number of ketones is 1. The Morgan fingerprint density at radius 3 is 1.51 bits per heavy atom. The molecule has 0 fully saturated rings. The molecule has 0 spiro atoms. The zero-order valence-corrected chi connectivity index (χ0v) is 62.9. The predicted octanol–water partition coefficient (Wildman–Crippen LogP) is -8.15. The first kappa shape index (κ1) is 82.6. The topological polar surface area (TPSA) is 423 Å². The Hall–Kier alpha value is -3.46. The van der Waals surface area contributed by atoms with Crippen LogP contribution in [0, 0.1) is 5.41 Å². The third-order valence-electron chi connectivity index (χ3n) is 12.3. The van der Waals surface area contributed by atoms with Crippen molar-refractivity contribution in [2.75, 3.05) is 58.1 Å². The quantitative estimate of drug-likeness (QED) is 0.0153. The second-order valence-electron chi connectivity index (χ2n) is 21.9. The Kier molecular flexibility index (Phi) is 32.9. The summed E-state index contributed by atoms with van der Waals surface area (Å²) in [6.07, 6.45) is -0.396. The molecule has 0 bridgehead atoms. The van der Waals surface area contributed by atoms with Crippen molar-refractivity contribution in [3.63, 3.8) is 0 Å². The summed E-state index contributed by atoms with van der Waals surface area (Å²) in [7, 11) is -19.9. The van der Waals surface area contributed by atoms with E-state index in [1.165, 1.54) is 75.6 Å². The average molecular weight is 1360 g/mol. The molecule has 35 heteroatoms. The molecule has 90 heavy (non-hydrogen) atoms. The van der Waals surface area contributed by atoms with Crippen LogP contribution in [-0.4, -0.2) is 159 Å². The number of aliphatic hydroxyl groups excluding tert-OH is 2. The van der Waals surface area contributed by atoms with E-state index in [0.29, 0.717) is 5.69 Å². The first-order valence-electron chi connectivity index (χ1n) is 26.5. The van der Waals surface area contributed by atoms with Crippen LogP contribution in [0.5, 0.6) is 0 Å². The van der Waals surface area contributed by atoms with Gasteiger partial charge >= 0.3 is 118 Å². The number of rotatable bonds is 31. The Labute approximate surface area is 613 Å². The molecule has 464 valence electrons. The molecule has 2 unspecified atom stereocenters. The number of hydrogen-bond donors (Lipinski definition) is 5. The molecule has 2 aromatic heterocycles. The fourth-order valence-corrected chi connectivity index (χ4v) is 12.5. The van der Waals surface area contributed by atoms with Crippen molar-refractivity contribution < 1.29 is 190 Å². The molecule has 27 nitrogen and oxygen atoms in total. The van der Waals surface area contributed by atoms with Crippen LogP contribution in [-0.2, 0) is 62.9 Å². The van der Waals surface area contributed by atoms with Crippen LogP contribution >= 0.6 is 0 Å². The molecular weight excluding hydrogens is 1290 g/mol. The van der Waals surface area contributed by atoms with Crippen molar-refractivity contribution in [2.45, 2.75) is 101 Å². The van der Waals surface area contributed by atoms with Gasteiger partial charge in [-0.1, -0.05) is 92.7 Å². The van der Waals surface area contributed by atoms with Crippen molar-refractivity contribution in [3.8, 4) is 0 Å². The second kappa shape index (κ2) is 35.9. The molecule has 1 amide bonds. The minimum absolute atomic E-state index is 0. The van der Waals surface area contributed by atoms with Crippen molar-refractivity contribution in [2.24, 2.45) is 5.41 Å². The van der Waals surface area contributed by atoms with Gasteiger partial charge in [-0.15, -0.1) is 0 Å². The molecular formula is C55H65N11Na4O16S4. The Morgan fingerprint density at radius 1 is 0.556 bits per heavy atom. The van der Waals surface area contributed by atoms with Gasteiger partial charge in [-0.25, -0.2) is 38.7 Å². The van der Waals surface area contributed by atoms with Gasteiger partial charge in [-0.2, -0.15) is 24.9 Å². The zero-order chi connectivity index (χ0) is 63.4. The summed E-state index contributed by atoms with van der Waals surface area (Å²) in [4.78, 5) is 54.9. The molecule has 2 atom stereocenters. The number of para-hydroxylation sites is 1. The molecule has 0 aliphatic rings. The van der Waals surface area contributed by atoms with Crippen molar-refractivity contribution in [1.29, 1.82) is 0 Å². The summed E-state index contributed by atoms with van der Waals surface area (Å²) in [6.45, 7) is 8.27. The first-order chi connectivity index (χ1) is 40.0. The van der Waals surface area contributed by atoms with Gasteiger partial charge in [0.25, 0.3) is 0 Å². The Bertz CT molecular complexity index is 3650. The standard InChI is InChI=1S/C55H69N11O16S4.4Na/c1-36(67)32-65(25-23-44(69)31-54(3,4)34-83(71,72)73)52-59-47(28-38-13-9-7-10-14-38)58-48(60-52)29-39-17-18-40(45(27-39)85(77,78)79)19-20-41-21-22-43(30-46(41)86(80,81)82)57-51-61-50(56-42-15-11-8-12-16-42)62-53(63-51)66(33-37(2)68)26-24-49(70)64-55(5,6)35-84(74,75)76;;;;/h7-22,27,30,36-37,67-68H,23-26,28-29,31-35H2,1-6H3,(H,64,70)(H,71,72,73)(H,74,75,76)(H,77,78,79)(H,80,81,82)(H2,56,57,61,62,63);;;;/q;4*+1/p-4/b20-19+;;;;. The number of amides is 1. The number of anilines is 6. The fourth-order valence-electron chi connectivity index (χ4n) is 9.05. The predicted molar refractivity (Wildman–Crippen MR) is 314 cm³/mol. The van der Waals surface area contributed by atoms with Crippen LogP contribution in [0.1, 0.15) is 94.7 Å². The number of Topliss-reactive ketones (excluding diaryl/α,β-unsaturated/α-hetero) is 1. The summed E-state index contributed by atoms with van der Waals surface area (Å²) < 4.78 is 146. The molecule has 0 aliphatic heterocycles. The molecule has 6 aromatic rings. The molecule has 0 aliphatic carbocycles. The third kappa shape index (κ3) is 28.6. The van der Waals surface area contributed by atoms with Crippen LogP contribution in [0.3, 0.4) is 0 Å². The number of aromatic nitrogens is 6. The fraction of sp³-hybridized carbons (Fsp3) is 0.382. The van der Waals surface area contributed by atoms with E-state index in [4.69, 9.17) is 0 Å². The maximum Gasteiger partial charge on any atom is 1.00 e. The minimum atomic E-state index is -5.31. The molecule has 4 aromatic carbocycles. The van der Waals surface area contributed by atoms with E-state index in [1.54, 1.807) is 30.3 Å². The van der Waals surface area contributed by atoms with Crippen molar-refractivity contribution in [1.82, 2.24) is 35.2 Å². The third-order valence-corrected chi connectivity index (χ3v) is 16.3. The smallest absolute Gasteiger partial charge is 0.748 e. The number of nitrogens with zero attached hydrogens (tertiary/aromatic N) is 8. The number of hydrogen-bond acceptors (Lipinski definition) is 26. The van der Waals surface area contributed by atoms with E-state index < -0.39 is 90.8 Å².